The van der Waals surface area contributed by atoms with Crippen LogP contribution < -0.4 is 5.32 Å². The van der Waals surface area contributed by atoms with Crippen molar-refractivity contribution in [3.8, 4) is 0 Å². The van der Waals surface area contributed by atoms with Gasteiger partial charge in [0, 0.05) is 30.1 Å². The van der Waals surface area contributed by atoms with Gasteiger partial charge in [-0.1, -0.05) is 18.3 Å². The second-order valence-corrected chi connectivity index (χ2v) is 5.76. The van der Waals surface area contributed by atoms with Crippen LogP contribution in [0.3, 0.4) is 0 Å². The molecule has 6 heteroatoms. The molecule has 18 heavy (non-hydrogen) atoms. The molecule has 1 aliphatic rings. The molecule has 0 amide bonds. The Hall–Kier alpha value is -0.980. The predicted octanol–water partition coefficient (Wildman–Crippen LogP) is 2.23. The Morgan fingerprint density at radius 2 is 2.44 bits per heavy atom. The van der Waals surface area contributed by atoms with Gasteiger partial charge in [-0.25, -0.2) is 0 Å². The first-order chi connectivity index (χ1) is 8.70. The largest absolute Gasteiger partial charge is 0.324 e. The van der Waals surface area contributed by atoms with E-state index in [2.05, 4.69) is 17.1 Å². The molecule has 1 saturated heterocycles. The third-order valence-electron chi connectivity index (χ3n) is 3.25. The minimum atomic E-state index is -0.310. The summed E-state index contributed by atoms with van der Waals surface area (Å²) in [5.41, 5.74) is 0. The Balaban J connectivity index is 2.00. The number of nitrogens with one attached hydrogen (secondary N) is 1. The van der Waals surface area contributed by atoms with Crippen molar-refractivity contribution in [3.05, 3.63) is 27.1 Å². The molecule has 0 bridgehead atoms. The second-order valence-electron chi connectivity index (χ2n) is 4.61. The van der Waals surface area contributed by atoms with Crippen LogP contribution >= 0.6 is 11.3 Å². The van der Waals surface area contributed by atoms with Gasteiger partial charge in [0.1, 0.15) is 0 Å². The van der Waals surface area contributed by atoms with Crippen molar-refractivity contribution in [3.63, 3.8) is 0 Å². The molecule has 2 heterocycles. The van der Waals surface area contributed by atoms with Gasteiger partial charge in [-0.3, -0.25) is 15.0 Å². The first kappa shape index (κ1) is 13.5. The monoisotopic (exact) mass is 269 g/mol. The maximum absolute atomic E-state index is 10.7. The van der Waals surface area contributed by atoms with Crippen LogP contribution in [-0.4, -0.2) is 35.5 Å². The van der Waals surface area contributed by atoms with Crippen LogP contribution in [0.1, 0.15) is 24.6 Å². The Morgan fingerprint density at radius 3 is 3.00 bits per heavy atom. The lowest BCUT2D eigenvalue weighted by atomic mass is 10.2. The van der Waals surface area contributed by atoms with Crippen LogP contribution in [-0.2, 0) is 6.54 Å². The summed E-state index contributed by atoms with van der Waals surface area (Å²) < 4.78 is 0. The van der Waals surface area contributed by atoms with Crippen molar-refractivity contribution < 1.29 is 4.92 Å². The van der Waals surface area contributed by atoms with Crippen molar-refractivity contribution >= 4 is 16.3 Å². The van der Waals surface area contributed by atoms with E-state index in [1.807, 2.05) is 6.07 Å². The average molecular weight is 269 g/mol. The van der Waals surface area contributed by atoms with E-state index in [1.165, 1.54) is 17.8 Å². The molecule has 0 spiro atoms. The second kappa shape index (κ2) is 6.26. The van der Waals surface area contributed by atoms with E-state index in [-0.39, 0.29) is 9.92 Å². The topological polar surface area (TPSA) is 58.4 Å². The van der Waals surface area contributed by atoms with Crippen LogP contribution in [0.2, 0.25) is 0 Å². The molecule has 1 N–H and O–H groups in total. The maximum Gasteiger partial charge on any atom is 0.324 e. The normalized spacial score (nSPS) is 19.6. The van der Waals surface area contributed by atoms with Gasteiger partial charge in [0.2, 0.25) is 0 Å². The van der Waals surface area contributed by atoms with Gasteiger partial charge >= 0.3 is 5.00 Å². The number of thiophene rings is 1. The molecule has 1 unspecified atom stereocenters. The Labute approximate surface area is 111 Å². The third kappa shape index (κ3) is 3.28. The molecule has 2 rings (SSSR count). The van der Waals surface area contributed by atoms with E-state index in [0.29, 0.717) is 6.04 Å². The molecule has 0 aromatic carbocycles. The molecule has 0 radical (unpaired) electrons. The Morgan fingerprint density at radius 1 is 1.61 bits per heavy atom. The number of nitro groups is 1. The molecule has 0 saturated carbocycles. The third-order valence-corrected chi connectivity index (χ3v) is 4.27. The molecule has 1 aromatic rings. The first-order valence-corrected chi connectivity index (χ1v) is 7.20. The minimum absolute atomic E-state index is 0.242. The quantitative estimate of drug-likeness (QED) is 0.635. The molecular formula is C12H19N3O2S. The zero-order valence-corrected chi connectivity index (χ0v) is 11.4. The van der Waals surface area contributed by atoms with Gasteiger partial charge in [-0.05, 0) is 32.0 Å². The highest BCUT2D eigenvalue weighted by molar-refractivity contribution is 7.15. The van der Waals surface area contributed by atoms with Gasteiger partial charge in [0.25, 0.3) is 0 Å². The van der Waals surface area contributed by atoms with Crippen LogP contribution in [0.15, 0.2) is 12.1 Å². The van der Waals surface area contributed by atoms with E-state index < -0.39 is 0 Å². The summed E-state index contributed by atoms with van der Waals surface area (Å²) in [6, 6.07) is 4.07. The number of hydrogen-bond acceptors (Lipinski definition) is 5. The lowest BCUT2D eigenvalue weighted by Crippen LogP contribution is -2.36. The van der Waals surface area contributed by atoms with Crippen molar-refractivity contribution in [2.24, 2.45) is 0 Å². The van der Waals surface area contributed by atoms with Gasteiger partial charge < -0.3 is 5.32 Å². The lowest BCUT2D eigenvalue weighted by molar-refractivity contribution is -0.380. The van der Waals surface area contributed by atoms with Gasteiger partial charge in [0.15, 0.2) is 0 Å². The molecule has 5 nitrogen and oxygen atoms in total. The standard InChI is InChI=1S/C12H19N3O2S/c1-2-7-14(10-5-6-13-8-10)9-11-3-4-12(18-11)15(16)17/h3-4,10,13H,2,5-9H2,1H3. The molecular weight excluding hydrogens is 250 g/mol. The Kier molecular flexibility index (Phi) is 4.68. The fraction of sp³-hybridized carbons (Fsp3) is 0.667. The van der Waals surface area contributed by atoms with E-state index in [4.69, 9.17) is 0 Å². The summed E-state index contributed by atoms with van der Waals surface area (Å²) in [4.78, 5) is 13.9. The molecule has 1 aliphatic heterocycles. The lowest BCUT2D eigenvalue weighted by Gasteiger charge is -2.27. The molecule has 1 atom stereocenters. The highest BCUT2D eigenvalue weighted by atomic mass is 32.1. The maximum atomic E-state index is 10.7. The van der Waals surface area contributed by atoms with Crippen molar-refractivity contribution in [2.45, 2.75) is 32.4 Å². The average Bonchev–Trinajstić information content (AvgIpc) is 2.99. The SMILES string of the molecule is CCCN(Cc1ccc([N+](=O)[O-])s1)C1CCNC1. The molecule has 1 aromatic heterocycles. The Bertz CT molecular complexity index is 402. The van der Waals surface area contributed by atoms with Crippen molar-refractivity contribution in [1.29, 1.82) is 0 Å². The number of hydrogen-bond donors (Lipinski definition) is 1. The van der Waals surface area contributed by atoms with E-state index in [0.717, 1.165) is 37.5 Å². The van der Waals surface area contributed by atoms with Gasteiger partial charge in [-0.2, -0.15) is 0 Å². The zero-order valence-electron chi connectivity index (χ0n) is 10.6. The van der Waals surface area contributed by atoms with E-state index in [9.17, 15) is 10.1 Å². The smallest absolute Gasteiger partial charge is 0.315 e. The van der Waals surface area contributed by atoms with Gasteiger partial charge in [0.05, 0.1) is 4.92 Å². The summed E-state index contributed by atoms with van der Waals surface area (Å²) >= 11 is 1.29. The molecule has 100 valence electrons. The highest BCUT2D eigenvalue weighted by Crippen LogP contribution is 2.26. The fourth-order valence-corrected chi connectivity index (χ4v) is 3.22. The molecule has 0 aliphatic carbocycles. The number of rotatable bonds is 6. The summed E-state index contributed by atoms with van der Waals surface area (Å²) in [6.45, 7) is 6.17. The fourth-order valence-electron chi connectivity index (χ4n) is 2.38. The highest BCUT2D eigenvalue weighted by Gasteiger charge is 2.22. The van der Waals surface area contributed by atoms with Crippen LogP contribution in [0, 0.1) is 10.1 Å². The van der Waals surface area contributed by atoms with E-state index in [1.54, 1.807) is 6.07 Å². The van der Waals surface area contributed by atoms with Crippen LogP contribution in [0.25, 0.3) is 0 Å². The minimum Gasteiger partial charge on any atom is -0.315 e. The molecule has 1 fully saturated rings. The first-order valence-electron chi connectivity index (χ1n) is 6.38. The summed E-state index contributed by atoms with van der Waals surface area (Å²) in [5.74, 6) is 0. The van der Waals surface area contributed by atoms with E-state index >= 15 is 0 Å². The van der Waals surface area contributed by atoms with Crippen LogP contribution in [0.4, 0.5) is 5.00 Å². The zero-order chi connectivity index (χ0) is 13.0. The van der Waals surface area contributed by atoms with Crippen molar-refractivity contribution in [2.75, 3.05) is 19.6 Å². The van der Waals surface area contributed by atoms with Gasteiger partial charge in [-0.15, -0.1) is 0 Å². The van der Waals surface area contributed by atoms with Crippen molar-refractivity contribution in [1.82, 2.24) is 10.2 Å². The van der Waals surface area contributed by atoms with Crippen LogP contribution in [0.5, 0.6) is 0 Å². The summed E-state index contributed by atoms with van der Waals surface area (Å²) in [7, 11) is 0. The number of nitrogens with zero attached hydrogens (tertiary/aromatic N) is 2. The summed E-state index contributed by atoms with van der Waals surface area (Å²) in [5, 5.41) is 14.3. The predicted molar refractivity (Wildman–Crippen MR) is 72.9 cm³/mol. The summed E-state index contributed by atoms with van der Waals surface area (Å²) in [6.07, 6.45) is 2.29.